The molecule has 0 bridgehead atoms. The van der Waals surface area contributed by atoms with Crippen LogP contribution in [-0.4, -0.2) is 34.8 Å². The molecule has 2 heterocycles. The number of carbonyl (C=O) groups excluding carboxylic acids is 3. The third-order valence-corrected chi connectivity index (χ3v) is 5.60. The maximum absolute atomic E-state index is 12.7. The molecule has 2 fully saturated rings. The quantitative estimate of drug-likeness (QED) is 0.667. The number of nitrogens with zero attached hydrogens (tertiary/aromatic N) is 1. The number of rotatable bonds is 3. The van der Waals surface area contributed by atoms with Gasteiger partial charge in [-0.3, -0.25) is 19.7 Å². The van der Waals surface area contributed by atoms with Crippen LogP contribution < -0.4 is 10.1 Å². The molecule has 1 atom stereocenters. The number of amides is 3. The molecule has 1 aromatic carbocycles. The van der Waals surface area contributed by atoms with Gasteiger partial charge in [-0.15, -0.1) is 0 Å². The smallest absolute Gasteiger partial charge is 0.255 e. The fourth-order valence-electron chi connectivity index (χ4n) is 4.18. The van der Waals surface area contributed by atoms with Gasteiger partial charge in [-0.25, -0.2) is 0 Å². The van der Waals surface area contributed by atoms with Gasteiger partial charge in [-0.1, -0.05) is 12.8 Å². The Hall–Kier alpha value is -2.37. The highest BCUT2D eigenvalue weighted by Crippen LogP contribution is 2.31. The van der Waals surface area contributed by atoms with Crippen LogP contribution in [-0.2, 0) is 16.1 Å². The third-order valence-electron chi connectivity index (χ3n) is 5.60. The van der Waals surface area contributed by atoms with E-state index in [-0.39, 0.29) is 30.2 Å². The van der Waals surface area contributed by atoms with E-state index in [1.54, 1.807) is 11.0 Å². The third kappa shape index (κ3) is 3.32. The van der Waals surface area contributed by atoms with E-state index in [9.17, 15) is 14.4 Å². The van der Waals surface area contributed by atoms with Crippen LogP contribution in [0, 0.1) is 0 Å². The van der Waals surface area contributed by atoms with Crippen molar-refractivity contribution in [3.05, 3.63) is 29.3 Å². The van der Waals surface area contributed by atoms with Gasteiger partial charge in [0.2, 0.25) is 11.8 Å². The predicted molar refractivity (Wildman–Crippen MR) is 94.6 cm³/mol. The van der Waals surface area contributed by atoms with E-state index in [1.165, 1.54) is 25.7 Å². The number of nitrogens with one attached hydrogen (secondary N) is 1. The molecule has 138 valence electrons. The summed E-state index contributed by atoms with van der Waals surface area (Å²) in [7, 11) is 0. The molecule has 0 aromatic heterocycles. The number of ether oxygens (including phenoxy) is 1. The SMILES string of the molecule is O=C1CCC(N2Cc3cc(OC4CCCCCC4)ccc3C2=O)C(=O)N1. The van der Waals surface area contributed by atoms with Crippen molar-refractivity contribution in [2.75, 3.05) is 0 Å². The zero-order chi connectivity index (χ0) is 18.1. The Balaban J connectivity index is 1.47. The number of imide groups is 1. The van der Waals surface area contributed by atoms with Gasteiger partial charge in [0.1, 0.15) is 11.8 Å². The highest BCUT2D eigenvalue weighted by atomic mass is 16.5. The minimum absolute atomic E-state index is 0.143. The van der Waals surface area contributed by atoms with Crippen molar-refractivity contribution in [2.45, 2.75) is 70.1 Å². The Morgan fingerprint density at radius 2 is 1.77 bits per heavy atom. The number of hydrogen-bond donors (Lipinski definition) is 1. The first-order chi connectivity index (χ1) is 12.6. The molecule has 1 saturated carbocycles. The second-order valence-electron chi connectivity index (χ2n) is 7.45. The summed E-state index contributed by atoms with van der Waals surface area (Å²) >= 11 is 0. The van der Waals surface area contributed by atoms with Crippen molar-refractivity contribution in [3.63, 3.8) is 0 Å². The number of fused-ring (bicyclic) bond motifs is 1. The Bertz CT molecular complexity index is 737. The van der Waals surface area contributed by atoms with Gasteiger partial charge >= 0.3 is 0 Å². The summed E-state index contributed by atoms with van der Waals surface area (Å²) in [6.07, 6.45) is 8.03. The van der Waals surface area contributed by atoms with Crippen LogP contribution in [0.1, 0.15) is 67.3 Å². The van der Waals surface area contributed by atoms with Gasteiger partial charge in [0.15, 0.2) is 0 Å². The maximum Gasteiger partial charge on any atom is 0.255 e. The molecule has 1 unspecified atom stereocenters. The summed E-state index contributed by atoms with van der Waals surface area (Å²) < 4.78 is 6.16. The maximum atomic E-state index is 12.7. The van der Waals surface area contributed by atoms with Crippen molar-refractivity contribution < 1.29 is 19.1 Å². The van der Waals surface area contributed by atoms with Gasteiger partial charge in [0, 0.05) is 18.5 Å². The first kappa shape index (κ1) is 17.1. The zero-order valence-corrected chi connectivity index (χ0v) is 14.8. The van der Waals surface area contributed by atoms with Crippen molar-refractivity contribution >= 4 is 17.7 Å². The number of piperidine rings is 1. The highest BCUT2D eigenvalue weighted by molar-refractivity contribution is 6.05. The van der Waals surface area contributed by atoms with Crippen LogP contribution in [0.3, 0.4) is 0 Å². The predicted octanol–water partition coefficient (Wildman–Crippen LogP) is 2.55. The van der Waals surface area contributed by atoms with Gasteiger partial charge in [-0.05, 0) is 55.9 Å². The fourth-order valence-corrected chi connectivity index (χ4v) is 4.18. The second-order valence-corrected chi connectivity index (χ2v) is 7.45. The summed E-state index contributed by atoms with van der Waals surface area (Å²) in [5.41, 5.74) is 1.52. The van der Waals surface area contributed by atoms with Crippen molar-refractivity contribution in [2.24, 2.45) is 0 Å². The van der Waals surface area contributed by atoms with Crippen molar-refractivity contribution in [1.82, 2.24) is 10.2 Å². The van der Waals surface area contributed by atoms with Crippen molar-refractivity contribution in [3.8, 4) is 5.75 Å². The van der Waals surface area contributed by atoms with E-state index in [0.29, 0.717) is 18.5 Å². The largest absolute Gasteiger partial charge is 0.490 e. The molecule has 0 radical (unpaired) electrons. The van der Waals surface area contributed by atoms with E-state index in [2.05, 4.69) is 5.32 Å². The summed E-state index contributed by atoms with van der Waals surface area (Å²) in [6, 6.07) is 5.02. The Morgan fingerprint density at radius 1 is 1.00 bits per heavy atom. The molecule has 4 rings (SSSR count). The summed E-state index contributed by atoms with van der Waals surface area (Å²) in [6.45, 7) is 0.391. The number of carbonyl (C=O) groups is 3. The summed E-state index contributed by atoms with van der Waals surface area (Å²) in [5, 5.41) is 2.33. The van der Waals surface area contributed by atoms with Crippen molar-refractivity contribution in [1.29, 1.82) is 0 Å². The molecule has 6 nitrogen and oxygen atoms in total. The minimum Gasteiger partial charge on any atom is -0.490 e. The van der Waals surface area contributed by atoms with E-state index < -0.39 is 6.04 Å². The molecule has 1 saturated heterocycles. The number of hydrogen-bond acceptors (Lipinski definition) is 4. The van der Waals surface area contributed by atoms with E-state index in [1.807, 2.05) is 12.1 Å². The van der Waals surface area contributed by atoms with E-state index in [0.717, 1.165) is 24.2 Å². The van der Waals surface area contributed by atoms with E-state index in [4.69, 9.17) is 4.74 Å². The van der Waals surface area contributed by atoms with Crippen LogP contribution in [0.2, 0.25) is 0 Å². The Morgan fingerprint density at radius 3 is 2.50 bits per heavy atom. The lowest BCUT2D eigenvalue weighted by atomic mass is 10.0. The Kier molecular flexibility index (Phi) is 4.66. The van der Waals surface area contributed by atoms with Crippen LogP contribution in [0.5, 0.6) is 5.75 Å². The standard InChI is InChI=1S/C20H24N2O4/c23-18-10-9-17(19(24)21-18)22-12-13-11-15(7-8-16(13)20(22)25)26-14-5-3-1-2-4-6-14/h7-8,11,14,17H,1-6,9-10,12H2,(H,21,23,24). The van der Waals surface area contributed by atoms with Crippen LogP contribution in [0.25, 0.3) is 0 Å². The fraction of sp³-hybridized carbons (Fsp3) is 0.550. The highest BCUT2D eigenvalue weighted by Gasteiger charge is 2.39. The average molecular weight is 356 g/mol. The van der Waals surface area contributed by atoms with Crippen LogP contribution in [0.15, 0.2) is 18.2 Å². The molecule has 6 heteroatoms. The van der Waals surface area contributed by atoms with Crippen LogP contribution in [0.4, 0.5) is 0 Å². The molecule has 0 spiro atoms. The molecular formula is C20H24N2O4. The lowest BCUT2D eigenvalue weighted by molar-refractivity contribution is -0.136. The van der Waals surface area contributed by atoms with Gasteiger partial charge in [-0.2, -0.15) is 0 Å². The lowest BCUT2D eigenvalue weighted by Gasteiger charge is -2.29. The summed E-state index contributed by atoms with van der Waals surface area (Å²) in [5.74, 6) is 0.0101. The molecule has 26 heavy (non-hydrogen) atoms. The van der Waals surface area contributed by atoms with Crippen LogP contribution >= 0.6 is 0 Å². The topological polar surface area (TPSA) is 75.7 Å². The molecule has 1 aromatic rings. The molecule has 2 aliphatic heterocycles. The number of benzene rings is 1. The minimum atomic E-state index is -0.571. The molecule has 1 aliphatic carbocycles. The second kappa shape index (κ2) is 7.09. The monoisotopic (exact) mass is 356 g/mol. The van der Waals surface area contributed by atoms with Gasteiger partial charge in [0.05, 0.1) is 6.10 Å². The first-order valence-corrected chi connectivity index (χ1v) is 9.56. The normalized spacial score (nSPS) is 24.2. The molecule has 3 amide bonds. The van der Waals surface area contributed by atoms with Gasteiger partial charge < -0.3 is 9.64 Å². The summed E-state index contributed by atoms with van der Waals surface area (Å²) in [4.78, 5) is 37.7. The van der Waals surface area contributed by atoms with Gasteiger partial charge in [0.25, 0.3) is 5.91 Å². The molecular weight excluding hydrogens is 332 g/mol. The average Bonchev–Trinajstić information content (AvgIpc) is 2.78. The van der Waals surface area contributed by atoms with E-state index >= 15 is 0 Å². The Labute approximate surface area is 152 Å². The lowest BCUT2D eigenvalue weighted by Crippen LogP contribution is -2.52. The molecule has 1 N–H and O–H groups in total. The zero-order valence-electron chi connectivity index (χ0n) is 14.8. The first-order valence-electron chi connectivity index (χ1n) is 9.56. The molecule has 3 aliphatic rings.